The number of H-pyrrole nitrogens is 1. The minimum atomic E-state index is -0.563. The number of Topliss-reactive ketones (excluding diaryl/α,β-unsaturated/α-hetero) is 1. The van der Waals surface area contributed by atoms with E-state index in [2.05, 4.69) is 4.98 Å². The minimum Gasteiger partial charge on any atom is -0.353 e. The number of hydrogen-bond acceptors (Lipinski definition) is 5. The van der Waals surface area contributed by atoms with Crippen molar-refractivity contribution < 1.29 is 14.5 Å². The molecule has 0 aromatic carbocycles. The molecular formula is C13H20N4O4. The number of nitro groups is 1. The van der Waals surface area contributed by atoms with Crippen molar-refractivity contribution in [3.8, 4) is 0 Å². The van der Waals surface area contributed by atoms with Crippen LogP contribution in [0.4, 0.5) is 5.69 Å². The van der Waals surface area contributed by atoms with Gasteiger partial charge >= 0.3 is 0 Å². The highest BCUT2D eigenvalue weighted by atomic mass is 16.6. The Morgan fingerprint density at radius 2 is 2.00 bits per heavy atom. The normalized spacial score (nSPS) is 10.7. The molecule has 0 aliphatic carbocycles. The van der Waals surface area contributed by atoms with Crippen molar-refractivity contribution >= 4 is 17.4 Å². The number of nitrogens with one attached hydrogen (secondary N) is 1. The molecule has 0 atom stereocenters. The van der Waals surface area contributed by atoms with Crippen molar-refractivity contribution in [2.45, 2.75) is 13.3 Å². The molecule has 0 spiro atoms. The molecule has 0 aliphatic rings. The van der Waals surface area contributed by atoms with Crippen molar-refractivity contribution in [1.29, 1.82) is 0 Å². The van der Waals surface area contributed by atoms with E-state index in [1.54, 1.807) is 19.0 Å². The third-order valence-electron chi connectivity index (χ3n) is 2.94. The molecule has 0 aliphatic heterocycles. The lowest BCUT2D eigenvalue weighted by atomic mass is 10.2. The predicted octanol–water partition coefficient (Wildman–Crippen LogP) is 0.906. The quantitative estimate of drug-likeness (QED) is 0.436. The number of carbonyl (C=O) groups excluding carboxylic acids is 2. The number of carbonyl (C=O) groups is 2. The number of hydrogen-bond donors (Lipinski definition) is 1. The van der Waals surface area contributed by atoms with Gasteiger partial charge in [0.25, 0.3) is 5.69 Å². The van der Waals surface area contributed by atoms with E-state index in [1.165, 1.54) is 17.2 Å². The van der Waals surface area contributed by atoms with Gasteiger partial charge in [0.05, 0.1) is 29.9 Å². The summed E-state index contributed by atoms with van der Waals surface area (Å²) in [5.74, 6) is -0.364. The number of aromatic nitrogens is 1. The second-order valence-electron chi connectivity index (χ2n) is 4.95. The predicted molar refractivity (Wildman–Crippen MR) is 77.2 cm³/mol. The zero-order valence-corrected chi connectivity index (χ0v) is 12.5. The molecule has 0 saturated carbocycles. The van der Waals surface area contributed by atoms with E-state index >= 15 is 0 Å². The third-order valence-corrected chi connectivity index (χ3v) is 2.94. The van der Waals surface area contributed by atoms with Crippen molar-refractivity contribution in [2.75, 3.05) is 33.7 Å². The molecule has 0 radical (unpaired) electrons. The van der Waals surface area contributed by atoms with Gasteiger partial charge < -0.3 is 9.88 Å². The van der Waals surface area contributed by atoms with Crippen molar-refractivity contribution in [3.63, 3.8) is 0 Å². The number of amides is 1. The van der Waals surface area contributed by atoms with Crippen LogP contribution in [-0.2, 0) is 4.79 Å². The first-order valence-corrected chi connectivity index (χ1v) is 6.63. The highest BCUT2D eigenvalue weighted by molar-refractivity contribution is 5.96. The first-order valence-electron chi connectivity index (χ1n) is 6.63. The van der Waals surface area contributed by atoms with Gasteiger partial charge in [-0.1, -0.05) is 6.92 Å². The summed E-state index contributed by atoms with van der Waals surface area (Å²) >= 11 is 0. The van der Waals surface area contributed by atoms with Gasteiger partial charge in [0.1, 0.15) is 0 Å². The fraction of sp³-hybridized carbons (Fsp3) is 0.538. The lowest BCUT2D eigenvalue weighted by molar-refractivity contribution is -0.384. The number of nitrogens with zero attached hydrogens (tertiary/aromatic N) is 3. The lowest BCUT2D eigenvalue weighted by Gasteiger charge is -2.21. The van der Waals surface area contributed by atoms with Crippen LogP contribution in [0, 0.1) is 10.1 Å². The summed E-state index contributed by atoms with van der Waals surface area (Å²) in [6.45, 7) is 2.76. The smallest absolute Gasteiger partial charge is 0.287 e. The average Bonchev–Trinajstić information content (AvgIpc) is 2.88. The molecule has 1 heterocycles. The highest BCUT2D eigenvalue weighted by Gasteiger charge is 2.19. The summed E-state index contributed by atoms with van der Waals surface area (Å²) < 4.78 is 0. The van der Waals surface area contributed by atoms with E-state index in [9.17, 15) is 19.7 Å². The van der Waals surface area contributed by atoms with E-state index in [0.717, 1.165) is 6.42 Å². The van der Waals surface area contributed by atoms with Crippen molar-refractivity contribution in [2.24, 2.45) is 0 Å². The number of rotatable bonds is 8. The first kappa shape index (κ1) is 16.8. The second-order valence-corrected chi connectivity index (χ2v) is 4.95. The van der Waals surface area contributed by atoms with E-state index in [4.69, 9.17) is 0 Å². The minimum absolute atomic E-state index is 0.0467. The summed E-state index contributed by atoms with van der Waals surface area (Å²) in [6.07, 6.45) is 1.99. The molecule has 1 amide bonds. The molecule has 8 nitrogen and oxygen atoms in total. The summed E-state index contributed by atoms with van der Waals surface area (Å²) in [5.41, 5.74) is 0.0323. The average molecular weight is 296 g/mol. The molecule has 8 heteroatoms. The maximum atomic E-state index is 12.1. The Bertz CT molecular complexity index is 524. The highest BCUT2D eigenvalue weighted by Crippen LogP contribution is 2.13. The van der Waals surface area contributed by atoms with Crippen LogP contribution in [0.3, 0.4) is 0 Å². The molecule has 0 fully saturated rings. The Hall–Kier alpha value is -2.22. The van der Waals surface area contributed by atoms with Gasteiger partial charge in [-0.3, -0.25) is 24.6 Å². The lowest BCUT2D eigenvalue weighted by Crippen LogP contribution is -2.39. The van der Waals surface area contributed by atoms with Gasteiger partial charge in [0.2, 0.25) is 5.91 Å². The maximum absolute atomic E-state index is 12.1. The summed E-state index contributed by atoms with van der Waals surface area (Å²) in [5, 5.41) is 10.6. The van der Waals surface area contributed by atoms with Gasteiger partial charge in [0.15, 0.2) is 5.78 Å². The third kappa shape index (κ3) is 4.99. The monoisotopic (exact) mass is 296 g/mol. The van der Waals surface area contributed by atoms with Crippen LogP contribution in [0.1, 0.15) is 23.8 Å². The maximum Gasteiger partial charge on any atom is 0.287 e. The van der Waals surface area contributed by atoms with Gasteiger partial charge in [-0.05, 0) is 13.0 Å². The van der Waals surface area contributed by atoms with Crippen LogP contribution < -0.4 is 0 Å². The SMILES string of the molecule is CCCN(CC(=O)c1cc([N+](=O)[O-])c[nH]1)CC(=O)N(C)C. The second kappa shape index (κ2) is 7.53. The number of ketones is 1. The number of aromatic amines is 1. The van der Waals surface area contributed by atoms with Gasteiger partial charge in [-0.15, -0.1) is 0 Å². The largest absolute Gasteiger partial charge is 0.353 e. The molecule has 21 heavy (non-hydrogen) atoms. The standard InChI is InChI=1S/C13H20N4O4/c1-4-5-16(9-13(19)15(2)3)8-12(18)11-6-10(7-14-11)17(20)21/h6-7,14H,4-5,8-9H2,1-3H3. The van der Waals surface area contributed by atoms with Crippen molar-refractivity contribution in [3.05, 3.63) is 28.1 Å². The van der Waals surface area contributed by atoms with E-state index in [1.807, 2.05) is 6.92 Å². The molecule has 0 saturated heterocycles. The fourth-order valence-electron chi connectivity index (χ4n) is 1.80. The van der Waals surface area contributed by atoms with Crippen LogP contribution in [0.15, 0.2) is 12.3 Å². The summed E-state index contributed by atoms with van der Waals surface area (Å²) in [4.78, 5) is 39.6. The molecular weight excluding hydrogens is 276 g/mol. The Kier molecular flexibility index (Phi) is 6.04. The molecule has 0 unspecified atom stereocenters. The summed E-state index contributed by atoms with van der Waals surface area (Å²) in [7, 11) is 3.31. The zero-order chi connectivity index (χ0) is 16.0. The Morgan fingerprint density at radius 1 is 1.33 bits per heavy atom. The Balaban J connectivity index is 2.70. The molecule has 1 aromatic heterocycles. The molecule has 1 N–H and O–H groups in total. The van der Waals surface area contributed by atoms with Crippen LogP contribution in [0.25, 0.3) is 0 Å². The van der Waals surface area contributed by atoms with Crippen LogP contribution in [0.5, 0.6) is 0 Å². The van der Waals surface area contributed by atoms with E-state index < -0.39 is 4.92 Å². The first-order chi connectivity index (χ1) is 9.85. The Morgan fingerprint density at radius 3 is 2.48 bits per heavy atom. The van der Waals surface area contributed by atoms with Crippen molar-refractivity contribution in [1.82, 2.24) is 14.8 Å². The van der Waals surface area contributed by atoms with E-state index in [0.29, 0.717) is 6.54 Å². The van der Waals surface area contributed by atoms with Crippen LogP contribution >= 0.6 is 0 Å². The topological polar surface area (TPSA) is 99.5 Å². The fourth-order valence-corrected chi connectivity index (χ4v) is 1.80. The van der Waals surface area contributed by atoms with Crippen LogP contribution in [0.2, 0.25) is 0 Å². The van der Waals surface area contributed by atoms with Gasteiger partial charge in [-0.25, -0.2) is 0 Å². The molecule has 0 bridgehead atoms. The Labute approximate surface area is 122 Å². The van der Waals surface area contributed by atoms with Crippen LogP contribution in [-0.4, -0.2) is 65.1 Å². The van der Waals surface area contributed by atoms with Gasteiger partial charge in [0, 0.05) is 20.2 Å². The molecule has 1 rings (SSSR count). The summed E-state index contributed by atoms with van der Waals surface area (Å²) in [6, 6.07) is 1.21. The van der Waals surface area contributed by atoms with E-state index in [-0.39, 0.29) is 36.2 Å². The zero-order valence-electron chi connectivity index (χ0n) is 12.5. The van der Waals surface area contributed by atoms with Gasteiger partial charge in [-0.2, -0.15) is 0 Å². The number of likely N-dealkylation sites (N-methyl/N-ethyl adjacent to an activating group) is 1. The molecule has 116 valence electrons. The molecule has 1 aromatic rings.